The predicted molar refractivity (Wildman–Crippen MR) is 473 cm³/mol. The molecule has 0 spiro atoms. The molecule has 4 N–H and O–H groups in total. The third kappa shape index (κ3) is 88.1. The van der Waals surface area contributed by atoms with Crippen LogP contribution in [0.25, 0.3) is 0 Å². The average molecular weight is 1620 g/mol. The van der Waals surface area contributed by atoms with Crippen molar-refractivity contribution < 1.29 is 75.8 Å². The van der Waals surface area contributed by atoms with Gasteiger partial charge in [0.05, 0.1) is 26.4 Å². The van der Waals surface area contributed by atoms with Crippen molar-refractivity contribution in [3.63, 3.8) is 0 Å². The summed E-state index contributed by atoms with van der Waals surface area (Å²) < 4.78 is 61.3. The average Bonchev–Trinajstić information content (AvgIpc) is 0.902. The Labute approximate surface area is 689 Å². The van der Waals surface area contributed by atoms with Crippen LogP contribution in [0.4, 0.5) is 0 Å². The fourth-order valence-electron chi connectivity index (χ4n) is 12.2. The number of unbranched alkanes of at least 4 members (excludes halogenated alkanes) is 38. The largest absolute Gasteiger partial charge is 0.472 e. The van der Waals surface area contributed by atoms with Crippen LogP contribution in [-0.4, -0.2) is 95.9 Å². The van der Waals surface area contributed by atoms with E-state index in [1.807, 2.05) is 0 Å². The maximum atomic E-state index is 13.0. The highest BCUT2D eigenvalue weighted by atomic mass is 31.2. The normalized spacial score (nSPS) is 14.5. The minimum absolute atomic E-state index is 0.0722. The Kier molecular flexibility index (Phi) is 83.3. The van der Waals surface area contributed by atoms with E-state index in [-0.39, 0.29) is 19.3 Å². The van der Waals surface area contributed by atoms with Crippen LogP contribution in [-0.2, 0) is 55.8 Å². The van der Waals surface area contributed by atoms with Gasteiger partial charge in [0.2, 0.25) is 0 Å². The Balaban J connectivity index is 4.48. The van der Waals surface area contributed by atoms with Gasteiger partial charge in [0.15, 0.2) is 6.10 Å². The van der Waals surface area contributed by atoms with Crippen molar-refractivity contribution in [3.8, 4) is 0 Å². The van der Waals surface area contributed by atoms with Crippen LogP contribution in [0.15, 0.2) is 146 Å². The molecule has 0 amide bonds. The van der Waals surface area contributed by atoms with Gasteiger partial charge < -0.3 is 34.2 Å². The standard InChI is InChI=1S/C95H164O16P2/c1-4-7-10-13-16-19-22-25-28-31-33-35-37-39-40-41-42-43-44-45-46-47-48-50-52-53-55-58-60-63-66-69-72-75-78-81-93(98)105-84-90(96)85-107-112(101,102)108-86-91(97)87-109-113(103,104)110-89-92(111-95(100)83-80-77-74-71-68-65-62-57-30-27-24-21-18-15-12-9-6-3)88-106-94(99)82-79-76-73-70-67-64-61-59-56-54-51-49-38-36-34-32-29-26-23-20-17-14-11-8-5-2/h9,12,16-21,25-30,33-36,39-40,49,51,62,65,90-92,96-97H,4-8,10-11,13-15,22-24,31-32,37-38,41-48,50,52-61,63-64,66-89H2,1-3H3,(H,101,102)(H,103,104)/b12-9-,19-16-,20-17-,21-18-,28-25-,29-26-,30-27-,35-33-,36-34-,40-39-,51-49-,65-62-. The van der Waals surface area contributed by atoms with E-state index in [2.05, 4.69) is 167 Å². The van der Waals surface area contributed by atoms with Gasteiger partial charge in [-0.15, -0.1) is 0 Å². The molecule has 0 saturated carbocycles. The molecule has 650 valence electrons. The summed E-state index contributed by atoms with van der Waals surface area (Å²) in [6.45, 7) is 2.51. The summed E-state index contributed by atoms with van der Waals surface area (Å²) in [5, 5.41) is 20.7. The molecule has 0 aliphatic heterocycles. The number of phosphoric acid groups is 2. The number of hydrogen-bond acceptors (Lipinski definition) is 14. The van der Waals surface area contributed by atoms with Crippen molar-refractivity contribution in [2.75, 3.05) is 39.6 Å². The molecule has 0 aromatic carbocycles. The minimum Gasteiger partial charge on any atom is -0.463 e. The summed E-state index contributed by atoms with van der Waals surface area (Å²) in [6, 6.07) is 0. The molecule has 0 rings (SSSR count). The van der Waals surface area contributed by atoms with E-state index in [1.165, 1.54) is 180 Å². The summed E-state index contributed by atoms with van der Waals surface area (Å²) >= 11 is 0. The van der Waals surface area contributed by atoms with Crippen LogP contribution in [0, 0.1) is 0 Å². The highest BCUT2D eigenvalue weighted by molar-refractivity contribution is 7.47. The first-order valence-electron chi connectivity index (χ1n) is 45.1. The number of aliphatic hydroxyl groups is 2. The first-order valence-corrected chi connectivity index (χ1v) is 48.1. The van der Waals surface area contributed by atoms with Crippen LogP contribution in [0.5, 0.6) is 0 Å². The minimum atomic E-state index is -4.95. The number of allylic oxidation sites excluding steroid dienone is 24. The molecule has 0 aromatic heterocycles. The Hall–Kier alpha value is -4.57. The van der Waals surface area contributed by atoms with E-state index in [0.29, 0.717) is 19.3 Å². The van der Waals surface area contributed by atoms with Gasteiger partial charge in [0.25, 0.3) is 0 Å². The highest BCUT2D eigenvalue weighted by Gasteiger charge is 2.29. The molecule has 5 atom stereocenters. The second-order valence-electron chi connectivity index (χ2n) is 30.0. The third-order valence-corrected chi connectivity index (χ3v) is 20.9. The van der Waals surface area contributed by atoms with Crippen molar-refractivity contribution in [3.05, 3.63) is 146 Å². The lowest BCUT2D eigenvalue weighted by molar-refractivity contribution is -0.161. The van der Waals surface area contributed by atoms with Crippen molar-refractivity contribution >= 4 is 33.6 Å². The van der Waals surface area contributed by atoms with Crippen LogP contribution in [0.1, 0.15) is 380 Å². The fraction of sp³-hybridized carbons (Fsp3) is 0.716. The zero-order valence-corrected chi connectivity index (χ0v) is 73.3. The lowest BCUT2D eigenvalue weighted by Crippen LogP contribution is -2.30. The van der Waals surface area contributed by atoms with Gasteiger partial charge in [-0.3, -0.25) is 32.5 Å². The molecule has 0 radical (unpaired) electrons. The Bertz CT molecular complexity index is 2630. The number of esters is 3. The van der Waals surface area contributed by atoms with Gasteiger partial charge in [-0.05, 0) is 148 Å². The molecule has 0 heterocycles. The number of phosphoric ester groups is 2. The lowest BCUT2D eigenvalue weighted by Gasteiger charge is -2.21. The smallest absolute Gasteiger partial charge is 0.463 e. The van der Waals surface area contributed by atoms with Crippen molar-refractivity contribution in [2.24, 2.45) is 0 Å². The molecule has 0 aromatic rings. The molecule has 0 aliphatic carbocycles. The SMILES string of the molecule is CC/C=C\C/C=C\C/C=C\C/C=C\CCCCCCC(=O)OC(COC(=O)CCCCCCCCCCC/C=C\C/C=C\C/C=C\C/C=C\CCCCC)COP(=O)(O)OCC(O)COP(=O)(O)OCC(O)COC(=O)CCCCCCCCCCCCCCCCCCCCC/C=C\C/C=C\C/C=C\C/C=C\CCCCC. The number of hydrogen-bond donors (Lipinski definition) is 4. The summed E-state index contributed by atoms with van der Waals surface area (Å²) in [4.78, 5) is 58.9. The summed E-state index contributed by atoms with van der Waals surface area (Å²) in [5.41, 5.74) is 0. The van der Waals surface area contributed by atoms with Gasteiger partial charge in [-0.2, -0.15) is 0 Å². The van der Waals surface area contributed by atoms with E-state index in [4.69, 9.17) is 32.3 Å². The monoisotopic (exact) mass is 1620 g/mol. The van der Waals surface area contributed by atoms with Gasteiger partial charge in [-0.1, -0.05) is 359 Å². The molecular formula is C95H164O16P2. The first kappa shape index (κ1) is 108. The molecule has 0 fully saturated rings. The van der Waals surface area contributed by atoms with Crippen molar-refractivity contribution in [1.29, 1.82) is 0 Å². The van der Waals surface area contributed by atoms with Crippen molar-refractivity contribution in [1.82, 2.24) is 0 Å². The molecular weight excluding hydrogens is 1460 g/mol. The molecule has 0 saturated heterocycles. The summed E-state index contributed by atoms with van der Waals surface area (Å²) in [6.07, 6.45) is 109. The molecule has 16 nitrogen and oxygen atoms in total. The first-order chi connectivity index (χ1) is 55.2. The van der Waals surface area contributed by atoms with Gasteiger partial charge in [0.1, 0.15) is 25.4 Å². The molecule has 0 bridgehead atoms. The Morgan fingerprint density at radius 1 is 0.257 bits per heavy atom. The van der Waals surface area contributed by atoms with Crippen molar-refractivity contribution in [2.45, 2.75) is 399 Å². The lowest BCUT2D eigenvalue weighted by atomic mass is 10.0. The maximum absolute atomic E-state index is 13.0. The van der Waals surface area contributed by atoms with E-state index >= 15 is 0 Å². The second-order valence-corrected chi connectivity index (χ2v) is 32.9. The van der Waals surface area contributed by atoms with Crippen LogP contribution in [0.3, 0.4) is 0 Å². The Morgan fingerprint density at radius 2 is 0.469 bits per heavy atom. The zero-order valence-electron chi connectivity index (χ0n) is 71.5. The number of aliphatic hydroxyl groups excluding tert-OH is 2. The van der Waals surface area contributed by atoms with E-state index in [0.717, 1.165) is 141 Å². The molecule has 0 aliphatic rings. The van der Waals surface area contributed by atoms with Crippen LogP contribution in [0.2, 0.25) is 0 Å². The topological polar surface area (TPSA) is 231 Å². The number of carbonyl (C=O) groups excluding carboxylic acids is 3. The van der Waals surface area contributed by atoms with E-state index in [1.54, 1.807) is 0 Å². The summed E-state index contributed by atoms with van der Waals surface area (Å²) in [7, 11) is -9.81. The van der Waals surface area contributed by atoms with E-state index in [9.17, 15) is 43.5 Å². The third-order valence-electron chi connectivity index (χ3n) is 19.0. The quantitative estimate of drug-likeness (QED) is 0.0146. The van der Waals surface area contributed by atoms with Crippen LogP contribution >= 0.6 is 15.6 Å². The second kappa shape index (κ2) is 86.8. The predicted octanol–water partition coefficient (Wildman–Crippen LogP) is 27.6. The maximum Gasteiger partial charge on any atom is 0.472 e. The van der Waals surface area contributed by atoms with E-state index < -0.39 is 91.5 Å². The number of ether oxygens (including phenoxy) is 3. The van der Waals surface area contributed by atoms with Gasteiger partial charge in [-0.25, -0.2) is 9.13 Å². The van der Waals surface area contributed by atoms with Gasteiger partial charge >= 0.3 is 33.6 Å². The van der Waals surface area contributed by atoms with Gasteiger partial charge in [0, 0.05) is 19.3 Å². The number of carbonyl (C=O) groups is 3. The summed E-state index contributed by atoms with van der Waals surface area (Å²) in [5.74, 6) is -1.60. The highest BCUT2D eigenvalue weighted by Crippen LogP contribution is 2.45. The number of rotatable bonds is 85. The Morgan fingerprint density at radius 3 is 0.743 bits per heavy atom. The zero-order chi connectivity index (χ0) is 82.2. The molecule has 5 unspecified atom stereocenters. The van der Waals surface area contributed by atoms with Crippen LogP contribution < -0.4 is 0 Å². The fourth-order valence-corrected chi connectivity index (χ4v) is 13.8. The molecule has 18 heteroatoms. The molecule has 113 heavy (non-hydrogen) atoms.